The molecular formula is C16H20IN3O. The van der Waals surface area contributed by atoms with Gasteiger partial charge in [-0.15, -0.1) is 24.0 Å². The number of ether oxygens (including phenoxy) is 1. The Kier molecular flexibility index (Phi) is 7.01. The zero-order valence-electron chi connectivity index (χ0n) is 12.2. The summed E-state index contributed by atoms with van der Waals surface area (Å²) in [5.74, 6) is 1.21. The first-order valence-corrected chi connectivity index (χ1v) is 6.44. The van der Waals surface area contributed by atoms with E-state index in [1.807, 2.05) is 24.3 Å². The van der Waals surface area contributed by atoms with Gasteiger partial charge in [0.2, 0.25) is 0 Å². The summed E-state index contributed by atoms with van der Waals surface area (Å²) < 4.78 is 5.10. The van der Waals surface area contributed by atoms with Gasteiger partial charge in [-0.05, 0) is 36.8 Å². The van der Waals surface area contributed by atoms with E-state index in [2.05, 4.69) is 41.5 Å². The summed E-state index contributed by atoms with van der Waals surface area (Å²) in [5.41, 5.74) is 9.12. The molecule has 0 saturated carbocycles. The first-order valence-electron chi connectivity index (χ1n) is 6.44. The molecule has 0 atom stereocenters. The van der Waals surface area contributed by atoms with E-state index in [4.69, 9.17) is 10.5 Å². The first-order chi connectivity index (χ1) is 9.67. The normalized spacial score (nSPS) is 10.7. The molecule has 0 unspecified atom stereocenters. The summed E-state index contributed by atoms with van der Waals surface area (Å²) in [4.78, 5) is 4.31. The van der Waals surface area contributed by atoms with Gasteiger partial charge in [-0.25, -0.2) is 4.99 Å². The van der Waals surface area contributed by atoms with E-state index in [1.54, 1.807) is 7.11 Å². The maximum absolute atomic E-state index is 5.86. The van der Waals surface area contributed by atoms with Crippen molar-refractivity contribution in [3.05, 3.63) is 59.7 Å². The number of hydrogen-bond donors (Lipinski definition) is 2. The number of guanidine groups is 1. The van der Waals surface area contributed by atoms with E-state index < -0.39 is 0 Å². The van der Waals surface area contributed by atoms with Crippen molar-refractivity contribution < 1.29 is 4.74 Å². The van der Waals surface area contributed by atoms with Gasteiger partial charge >= 0.3 is 0 Å². The van der Waals surface area contributed by atoms with Gasteiger partial charge < -0.3 is 15.8 Å². The quantitative estimate of drug-likeness (QED) is 0.471. The highest BCUT2D eigenvalue weighted by Gasteiger charge is 1.97. The van der Waals surface area contributed by atoms with Gasteiger partial charge in [-0.1, -0.05) is 29.8 Å². The monoisotopic (exact) mass is 397 g/mol. The van der Waals surface area contributed by atoms with Crippen LogP contribution in [0.4, 0.5) is 5.69 Å². The minimum atomic E-state index is 0. The molecule has 0 saturated heterocycles. The van der Waals surface area contributed by atoms with E-state index >= 15 is 0 Å². The van der Waals surface area contributed by atoms with Crippen LogP contribution in [0.5, 0.6) is 5.75 Å². The van der Waals surface area contributed by atoms with Gasteiger partial charge in [0.1, 0.15) is 5.75 Å². The summed E-state index contributed by atoms with van der Waals surface area (Å²) in [6.45, 7) is 2.63. The van der Waals surface area contributed by atoms with Crippen LogP contribution in [0.2, 0.25) is 0 Å². The van der Waals surface area contributed by atoms with E-state index in [1.165, 1.54) is 5.56 Å². The molecule has 0 bridgehead atoms. The average molecular weight is 397 g/mol. The summed E-state index contributed by atoms with van der Waals surface area (Å²) in [6, 6.07) is 15.8. The molecule has 0 aromatic heterocycles. The van der Waals surface area contributed by atoms with Crippen molar-refractivity contribution in [2.24, 2.45) is 10.7 Å². The van der Waals surface area contributed by atoms with Crippen LogP contribution in [0, 0.1) is 6.92 Å². The lowest BCUT2D eigenvalue weighted by molar-refractivity contribution is 0.415. The fraction of sp³-hybridized carbons (Fsp3) is 0.188. The fourth-order valence-corrected chi connectivity index (χ4v) is 1.73. The topological polar surface area (TPSA) is 59.6 Å². The smallest absolute Gasteiger partial charge is 0.193 e. The third kappa shape index (κ3) is 5.63. The summed E-state index contributed by atoms with van der Waals surface area (Å²) in [7, 11) is 1.64. The van der Waals surface area contributed by atoms with Crippen LogP contribution in [-0.2, 0) is 6.54 Å². The number of halogens is 1. The number of rotatable bonds is 4. The molecule has 2 rings (SSSR count). The Balaban J connectivity index is 0.00000220. The zero-order chi connectivity index (χ0) is 14.4. The maximum Gasteiger partial charge on any atom is 0.193 e. The lowest BCUT2D eigenvalue weighted by Crippen LogP contribution is -2.22. The van der Waals surface area contributed by atoms with Crippen LogP contribution in [0.3, 0.4) is 0 Å². The van der Waals surface area contributed by atoms with Gasteiger partial charge in [0, 0.05) is 5.69 Å². The molecule has 0 heterocycles. The van der Waals surface area contributed by atoms with Gasteiger partial charge in [0.15, 0.2) is 5.96 Å². The van der Waals surface area contributed by atoms with Crippen LogP contribution < -0.4 is 15.8 Å². The summed E-state index contributed by atoms with van der Waals surface area (Å²) in [6.07, 6.45) is 0. The zero-order valence-corrected chi connectivity index (χ0v) is 14.5. The summed E-state index contributed by atoms with van der Waals surface area (Å²) in [5, 5.41) is 3.05. The predicted octanol–water partition coefficient (Wildman–Crippen LogP) is 3.55. The molecule has 0 aliphatic rings. The SMILES string of the molecule is COc1ccc(NC(N)=NCc2ccc(C)cc2)cc1.I. The van der Waals surface area contributed by atoms with Crippen LogP contribution in [-0.4, -0.2) is 13.1 Å². The number of anilines is 1. The highest BCUT2D eigenvalue weighted by atomic mass is 127. The average Bonchev–Trinajstić information content (AvgIpc) is 2.47. The molecule has 2 aromatic carbocycles. The molecule has 3 N–H and O–H groups in total. The summed E-state index contributed by atoms with van der Waals surface area (Å²) >= 11 is 0. The van der Waals surface area contributed by atoms with Crippen LogP contribution in [0.15, 0.2) is 53.5 Å². The minimum absolute atomic E-state index is 0. The van der Waals surface area contributed by atoms with E-state index in [0.717, 1.165) is 17.0 Å². The molecule has 0 amide bonds. The maximum atomic E-state index is 5.86. The molecule has 2 aromatic rings. The Morgan fingerprint density at radius 2 is 1.71 bits per heavy atom. The molecule has 21 heavy (non-hydrogen) atoms. The molecule has 112 valence electrons. The van der Waals surface area contributed by atoms with E-state index in [-0.39, 0.29) is 24.0 Å². The highest BCUT2D eigenvalue weighted by Crippen LogP contribution is 2.14. The molecule has 0 aliphatic carbocycles. The largest absolute Gasteiger partial charge is 0.497 e. The Hall–Kier alpha value is -1.76. The second kappa shape index (κ2) is 8.51. The lowest BCUT2D eigenvalue weighted by atomic mass is 10.1. The van der Waals surface area contributed by atoms with Gasteiger partial charge in [-0.3, -0.25) is 0 Å². The Morgan fingerprint density at radius 3 is 2.29 bits per heavy atom. The second-order valence-corrected chi connectivity index (χ2v) is 4.54. The molecule has 0 spiro atoms. The molecule has 0 fully saturated rings. The van der Waals surface area contributed by atoms with Gasteiger partial charge in [0.05, 0.1) is 13.7 Å². The van der Waals surface area contributed by atoms with Crippen molar-refractivity contribution in [1.29, 1.82) is 0 Å². The molecule has 4 nitrogen and oxygen atoms in total. The number of methoxy groups -OCH3 is 1. The Bertz CT molecular complexity index is 579. The third-order valence-electron chi connectivity index (χ3n) is 2.92. The van der Waals surface area contributed by atoms with Crippen LogP contribution in [0.1, 0.15) is 11.1 Å². The fourth-order valence-electron chi connectivity index (χ4n) is 1.73. The van der Waals surface area contributed by atoms with Gasteiger partial charge in [-0.2, -0.15) is 0 Å². The lowest BCUT2D eigenvalue weighted by Gasteiger charge is -2.06. The molecule has 0 radical (unpaired) electrons. The number of nitrogens with one attached hydrogen (secondary N) is 1. The number of nitrogens with zero attached hydrogens (tertiary/aromatic N) is 1. The van der Waals surface area contributed by atoms with Crippen LogP contribution in [0.25, 0.3) is 0 Å². The van der Waals surface area contributed by atoms with Crippen LogP contribution >= 0.6 is 24.0 Å². The van der Waals surface area contributed by atoms with Gasteiger partial charge in [0.25, 0.3) is 0 Å². The standard InChI is InChI=1S/C16H19N3O.HI/c1-12-3-5-13(6-4-12)11-18-16(17)19-14-7-9-15(20-2)10-8-14;/h3-10H,11H2,1-2H3,(H3,17,18,19);1H. The van der Waals surface area contributed by atoms with Crippen molar-refractivity contribution >= 4 is 35.6 Å². The number of benzene rings is 2. The predicted molar refractivity (Wildman–Crippen MR) is 98.5 cm³/mol. The van der Waals surface area contributed by atoms with E-state index in [0.29, 0.717) is 12.5 Å². The number of nitrogens with two attached hydrogens (primary N) is 1. The Morgan fingerprint density at radius 1 is 1.10 bits per heavy atom. The number of aryl methyl sites for hydroxylation is 1. The first kappa shape index (κ1) is 17.3. The van der Waals surface area contributed by atoms with Crippen molar-refractivity contribution in [2.45, 2.75) is 13.5 Å². The van der Waals surface area contributed by atoms with Crippen molar-refractivity contribution in [3.8, 4) is 5.75 Å². The molecular weight excluding hydrogens is 377 g/mol. The van der Waals surface area contributed by atoms with Crippen molar-refractivity contribution in [2.75, 3.05) is 12.4 Å². The van der Waals surface area contributed by atoms with Crippen molar-refractivity contribution in [3.63, 3.8) is 0 Å². The van der Waals surface area contributed by atoms with E-state index in [9.17, 15) is 0 Å². The second-order valence-electron chi connectivity index (χ2n) is 4.54. The number of hydrogen-bond acceptors (Lipinski definition) is 2. The number of aliphatic imine (C=N–C) groups is 1. The van der Waals surface area contributed by atoms with Crippen molar-refractivity contribution in [1.82, 2.24) is 0 Å². The molecule has 0 aliphatic heterocycles. The minimum Gasteiger partial charge on any atom is -0.497 e. The Labute approximate surface area is 142 Å². The highest BCUT2D eigenvalue weighted by molar-refractivity contribution is 14.0. The third-order valence-corrected chi connectivity index (χ3v) is 2.92. The molecule has 5 heteroatoms.